The predicted octanol–water partition coefficient (Wildman–Crippen LogP) is 2.36. The van der Waals surface area contributed by atoms with Crippen molar-refractivity contribution in [1.29, 1.82) is 0 Å². The number of hydrogen-bond donors (Lipinski definition) is 0. The molecule has 0 spiro atoms. The smallest absolute Gasteiger partial charge is 0.258 e. The molecular weight excluding hydrogens is 340 g/mol. The lowest BCUT2D eigenvalue weighted by atomic mass is 10.2. The maximum Gasteiger partial charge on any atom is 0.258 e. The molecule has 0 radical (unpaired) electrons. The molecule has 3 aromatic heterocycles. The summed E-state index contributed by atoms with van der Waals surface area (Å²) in [5.41, 5.74) is 2.70. The molecule has 4 rings (SSSR count). The van der Waals surface area contributed by atoms with Crippen molar-refractivity contribution in [2.45, 2.75) is 13.5 Å². The second-order valence-electron chi connectivity index (χ2n) is 5.64. The Labute approximate surface area is 147 Å². The summed E-state index contributed by atoms with van der Waals surface area (Å²) in [6.45, 7) is 2.17. The average molecular weight is 353 g/mol. The summed E-state index contributed by atoms with van der Waals surface area (Å²) in [5, 5.41) is 12.9. The van der Waals surface area contributed by atoms with Gasteiger partial charge in [-0.15, -0.1) is 10.2 Å². The van der Waals surface area contributed by atoms with E-state index in [1.807, 2.05) is 37.3 Å². The van der Waals surface area contributed by atoms with Gasteiger partial charge in [-0.25, -0.2) is 4.98 Å². The van der Waals surface area contributed by atoms with Crippen molar-refractivity contribution < 1.29 is 0 Å². The topological polar surface area (TPSA) is 78.0 Å². The molecule has 8 heteroatoms. The maximum atomic E-state index is 12.3. The zero-order valence-electron chi connectivity index (χ0n) is 13.3. The first-order chi connectivity index (χ1) is 12.1. The summed E-state index contributed by atoms with van der Waals surface area (Å²) < 4.78 is 1.52. The third-order valence-electron chi connectivity index (χ3n) is 3.73. The normalized spacial score (nSPS) is 11.1. The largest absolute Gasteiger partial charge is 0.269 e. The first kappa shape index (κ1) is 15.5. The Hall–Kier alpha value is -3.06. The molecule has 0 aliphatic rings. The van der Waals surface area contributed by atoms with Crippen molar-refractivity contribution >= 4 is 17.2 Å². The molecule has 0 amide bonds. The fourth-order valence-corrected chi connectivity index (χ4v) is 2.76. The van der Waals surface area contributed by atoms with Crippen LogP contribution in [0, 0.1) is 6.92 Å². The van der Waals surface area contributed by atoms with E-state index in [-0.39, 0.29) is 12.1 Å². The number of nitrogens with zero attached hydrogens (tertiary/aromatic N) is 6. The number of hydrogen-bond acceptors (Lipinski definition) is 5. The van der Waals surface area contributed by atoms with Gasteiger partial charge < -0.3 is 0 Å². The van der Waals surface area contributed by atoms with Crippen LogP contribution in [0.3, 0.4) is 0 Å². The summed E-state index contributed by atoms with van der Waals surface area (Å²) in [6.07, 6.45) is 1.76. The molecule has 0 saturated heterocycles. The molecule has 0 unspecified atom stereocenters. The Morgan fingerprint density at radius 2 is 2.00 bits per heavy atom. The highest BCUT2D eigenvalue weighted by Crippen LogP contribution is 2.23. The molecule has 7 nitrogen and oxygen atoms in total. The highest BCUT2D eigenvalue weighted by molar-refractivity contribution is 6.33. The number of pyridine rings is 1. The summed E-state index contributed by atoms with van der Waals surface area (Å²) in [7, 11) is 0. The van der Waals surface area contributed by atoms with Crippen molar-refractivity contribution in [3.05, 3.63) is 75.3 Å². The van der Waals surface area contributed by atoms with Gasteiger partial charge >= 0.3 is 0 Å². The van der Waals surface area contributed by atoms with E-state index in [9.17, 15) is 4.79 Å². The molecule has 124 valence electrons. The van der Waals surface area contributed by atoms with Crippen LogP contribution in [0.15, 0.2) is 53.5 Å². The first-order valence-electron chi connectivity index (χ1n) is 7.62. The molecule has 1 aromatic carbocycles. The van der Waals surface area contributed by atoms with E-state index in [0.29, 0.717) is 27.8 Å². The fraction of sp³-hybridized carbons (Fsp3) is 0.118. The minimum atomic E-state index is -0.143. The minimum absolute atomic E-state index is 0.143. The quantitative estimate of drug-likeness (QED) is 0.565. The van der Waals surface area contributed by atoms with Gasteiger partial charge in [-0.2, -0.15) is 4.80 Å². The van der Waals surface area contributed by atoms with Crippen molar-refractivity contribution in [2.75, 3.05) is 0 Å². The van der Waals surface area contributed by atoms with E-state index in [2.05, 4.69) is 20.4 Å². The molecule has 0 fully saturated rings. The van der Waals surface area contributed by atoms with E-state index >= 15 is 0 Å². The number of tetrazole rings is 1. The Balaban J connectivity index is 1.67. The number of halogens is 1. The van der Waals surface area contributed by atoms with Crippen LogP contribution >= 0.6 is 11.6 Å². The highest BCUT2D eigenvalue weighted by Gasteiger charge is 2.11. The van der Waals surface area contributed by atoms with E-state index in [1.165, 1.54) is 15.3 Å². The average Bonchev–Trinajstić information content (AvgIpc) is 3.04. The number of aryl methyl sites for hydroxylation is 1. The first-order valence-corrected chi connectivity index (χ1v) is 7.99. The Kier molecular flexibility index (Phi) is 3.77. The third-order valence-corrected chi connectivity index (χ3v) is 4.06. The fourth-order valence-electron chi connectivity index (χ4n) is 2.54. The molecule has 4 aromatic rings. The molecule has 0 atom stereocenters. The standard InChI is InChI=1S/C17H13ClN6O/c1-11-6-7-15-19-12(8-16(25)23(15)9-11)10-24-21-17(20-22-24)13-4-2-3-5-14(13)18/h2-9H,10H2,1H3. The molecular formula is C17H13ClN6O. The highest BCUT2D eigenvalue weighted by atomic mass is 35.5. The Morgan fingerprint density at radius 1 is 1.16 bits per heavy atom. The lowest BCUT2D eigenvalue weighted by Gasteiger charge is -2.04. The maximum absolute atomic E-state index is 12.3. The SMILES string of the molecule is Cc1ccc2nc(Cn3nnc(-c4ccccc4Cl)n3)cc(=O)n2c1. The van der Waals surface area contributed by atoms with Gasteiger partial charge in [0.15, 0.2) is 0 Å². The van der Waals surface area contributed by atoms with E-state index in [1.54, 1.807) is 12.3 Å². The van der Waals surface area contributed by atoms with Crippen LogP contribution in [-0.2, 0) is 6.54 Å². The molecule has 0 bridgehead atoms. The van der Waals surface area contributed by atoms with E-state index in [4.69, 9.17) is 11.6 Å². The summed E-state index contributed by atoms with van der Waals surface area (Å²) >= 11 is 6.15. The zero-order chi connectivity index (χ0) is 17.4. The molecule has 0 saturated carbocycles. The summed E-state index contributed by atoms with van der Waals surface area (Å²) in [5.74, 6) is 0.429. The van der Waals surface area contributed by atoms with Crippen LogP contribution in [0.25, 0.3) is 17.0 Å². The lowest BCUT2D eigenvalue weighted by molar-refractivity contribution is 0.564. The summed E-state index contributed by atoms with van der Waals surface area (Å²) in [4.78, 5) is 18.1. The Morgan fingerprint density at radius 3 is 2.84 bits per heavy atom. The summed E-state index contributed by atoms with van der Waals surface area (Å²) in [6, 6.07) is 12.5. The van der Waals surface area contributed by atoms with Gasteiger partial charge in [0.1, 0.15) is 12.2 Å². The van der Waals surface area contributed by atoms with E-state index < -0.39 is 0 Å². The van der Waals surface area contributed by atoms with Crippen LogP contribution in [0.4, 0.5) is 0 Å². The van der Waals surface area contributed by atoms with Crippen molar-refractivity contribution in [1.82, 2.24) is 29.6 Å². The number of fused-ring (bicyclic) bond motifs is 1. The van der Waals surface area contributed by atoms with Crippen LogP contribution in [-0.4, -0.2) is 29.6 Å². The van der Waals surface area contributed by atoms with Crippen LogP contribution in [0.2, 0.25) is 5.02 Å². The third kappa shape index (κ3) is 3.01. The van der Waals surface area contributed by atoms with Gasteiger partial charge in [0.25, 0.3) is 5.56 Å². The number of benzene rings is 1. The number of rotatable bonds is 3. The van der Waals surface area contributed by atoms with Gasteiger partial charge in [0.05, 0.1) is 10.7 Å². The predicted molar refractivity (Wildman–Crippen MR) is 93.6 cm³/mol. The van der Waals surface area contributed by atoms with Crippen molar-refractivity contribution in [3.8, 4) is 11.4 Å². The van der Waals surface area contributed by atoms with Gasteiger partial charge in [-0.05, 0) is 35.9 Å². The monoisotopic (exact) mass is 352 g/mol. The second-order valence-corrected chi connectivity index (χ2v) is 6.05. The molecule has 0 aliphatic carbocycles. The lowest BCUT2D eigenvalue weighted by Crippen LogP contribution is -2.17. The molecule has 3 heterocycles. The van der Waals surface area contributed by atoms with Gasteiger partial charge in [0, 0.05) is 17.8 Å². The van der Waals surface area contributed by atoms with Gasteiger partial charge in [-0.1, -0.05) is 29.8 Å². The molecule has 0 N–H and O–H groups in total. The second kappa shape index (κ2) is 6.10. The van der Waals surface area contributed by atoms with E-state index in [0.717, 1.165) is 5.56 Å². The number of aromatic nitrogens is 6. The van der Waals surface area contributed by atoms with Gasteiger partial charge in [-0.3, -0.25) is 9.20 Å². The minimum Gasteiger partial charge on any atom is -0.269 e. The van der Waals surface area contributed by atoms with Crippen LogP contribution < -0.4 is 5.56 Å². The zero-order valence-corrected chi connectivity index (χ0v) is 14.1. The molecule has 25 heavy (non-hydrogen) atoms. The van der Waals surface area contributed by atoms with Crippen molar-refractivity contribution in [2.24, 2.45) is 0 Å². The Bertz CT molecular complexity index is 1130. The molecule has 0 aliphatic heterocycles. The van der Waals surface area contributed by atoms with Crippen molar-refractivity contribution in [3.63, 3.8) is 0 Å². The van der Waals surface area contributed by atoms with Crippen LogP contribution in [0.5, 0.6) is 0 Å². The van der Waals surface area contributed by atoms with Gasteiger partial charge in [0.2, 0.25) is 5.82 Å². The van der Waals surface area contributed by atoms with Crippen LogP contribution in [0.1, 0.15) is 11.3 Å².